The molecule has 0 heterocycles. The van der Waals surface area contributed by atoms with Gasteiger partial charge in [-0.1, -0.05) is 13.3 Å². The van der Waals surface area contributed by atoms with Gasteiger partial charge in [0.15, 0.2) is 11.6 Å². The van der Waals surface area contributed by atoms with Gasteiger partial charge in [-0.25, -0.2) is 17.6 Å². The van der Waals surface area contributed by atoms with Gasteiger partial charge in [0, 0.05) is 5.30 Å². The van der Waals surface area contributed by atoms with Crippen LogP contribution in [0.4, 0.5) is 17.6 Å². The molecule has 1 unspecified atom stereocenters. The molecule has 0 amide bonds. The summed E-state index contributed by atoms with van der Waals surface area (Å²) >= 11 is 0. The second-order valence-corrected chi connectivity index (χ2v) is 7.47. The molecule has 1 aliphatic rings. The summed E-state index contributed by atoms with van der Waals surface area (Å²) in [6, 6.07) is 4.76. The molecule has 0 bridgehead atoms. The fraction of sp³-hybridized carbons (Fsp3) is 0.400. The van der Waals surface area contributed by atoms with E-state index in [9.17, 15) is 17.6 Å². The van der Waals surface area contributed by atoms with E-state index in [4.69, 9.17) is 0 Å². The van der Waals surface area contributed by atoms with Crippen LogP contribution in [0.25, 0.3) is 11.1 Å². The van der Waals surface area contributed by atoms with E-state index in [1.807, 2.05) is 9.24 Å². The zero-order valence-electron chi connectivity index (χ0n) is 14.1. The lowest BCUT2D eigenvalue weighted by atomic mass is 9.77. The predicted octanol–water partition coefficient (Wildman–Crippen LogP) is 6.09. The maximum atomic E-state index is 14.6. The Kier molecular flexibility index (Phi) is 5.48. The van der Waals surface area contributed by atoms with Gasteiger partial charge >= 0.3 is 0 Å². The highest BCUT2D eigenvalue weighted by Gasteiger charge is 2.24. The minimum atomic E-state index is -1.12. The zero-order valence-corrected chi connectivity index (χ0v) is 15.2. The summed E-state index contributed by atoms with van der Waals surface area (Å²) in [5, 5.41) is -0.0595. The van der Waals surface area contributed by atoms with Gasteiger partial charge in [0.05, 0.1) is 5.56 Å². The second-order valence-electron chi connectivity index (χ2n) is 6.85. The molecule has 1 atom stereocenters. The average molecular weight is 368 g/mol. The SMILES string of the molecule is CC[C@H]1CC[C@@H](c2cc(F)c(-c3cc(F)c(F)c(P)c3)c(F)c2)CC1. The predicted molar refractivity (Wildman–Crippen MR) is 96.0 cm³/mol. The number of hydrogen-bond donors (Lipinski definition) is 0. The molecule has 25 heavy (non-hydrogen) atoms. The van der Waals surface area contributed by atoms with Gasteiger partial charge < -0.3 is 0 Å². The highest BCUT2D eigenvalue weighted by molar-refractivity contribution is 7.27. The maximum Gasteiger partial charge on any atom is 0.165 e. The van der Waals surface area contributed by atoms with Crippen molar-refractivity contribution in [2.75, 3.05) is 0 Å². The second kappa shape index (κ2) is 7.45. The van der Waals surface area contributed by atoms with E-state index < -0.39 is 23.3 Å². The molecule has 134 valence electrons. The smallest absolute Gasteiger partial charge is 0.165 e. The zero-order chi connectivity index (χ0) is 18.1. The van der Waals surface area contributed by atoms with Gasteiger partial charge in [-0.2, -0.15) is 0 Å². The van der Waals surface area contributed by atoms with Gasteiger partial charge in [-0.05, 0) is 72.9 Å². The highest BCUT2D eigenvalue weighted by atomic mass is 31.0. The molecule has 0 nitrogen and oxygen atoms in total. The van der Waals surface area contributed by atoms with Crippen LogP contribution in [0.15, 0.2) is 24.3 Å². The van der Waals surface area contributed by atoms with Crippen LogP contribution < -0.4 is 5.30 Å². The third-order valence-electron chi connectivity index (χ3n) is 5.30. The van der Waals surface area contributed by atoms with E-state index >= 15 is 0 Å². The fourth-order valence-electron chi connectivity index (χ4n) is 3.76. The third-order valence-corrected chi connectivity index (χ3v) is 5.73. The van der Waals surface area contributed by atoms with Crippen LogP contribution in [0.1, 0.15) is 50.5 Å². The number of hydrogen-bond acceptors (Lipinski definition) is 0. The van der Waals surface area contributed by atoms with Gasteiger partial charge in [0.25, 0.3) is 0 Å². The topological polar surface area (TPSA) is 0 Å². The van der Waals surface area contributed by atoms with Crippen LogP contribution in [0.5, 0.6) is 0 Å². The van der Waals surface area contributed by atoms with Crippen LogP contribution in [0, 0.1) is 29.2 Å². The molecule has 0 aliphatic heterocycles. The molecule has 1 aliphatic carbocycles. The van der Waals surface area contributed by atoms with Crippen molar-refractivity contribution in [3.63, 3.8) is 0 Å². The summed E-state index contributed by atoms with van der Waals surface area (Å²) in [6.07, 6.45) is 5.15. The molecule has 0 radical (unpaired) electrons. The van der Waals surface area contributed by atoms with Gasteiger partial charge in [0.1, 0.15) is 11.6 Å². The fourth-order valence-corrected chi connectivity index (χ4v) is 4.08. The lowest BCUT2D eigenvalue weighted by Gasteiger charge is -2.28. The summed E-state index contributed by atoms with van der Waals surface area (Å²) in [4.78, 5) is 0. The van der Waals surface area contributed by atoms with E-state index in [1.54, 1.807) is 0 Å². The Morgan fingerprint density at radius 2 is 1.48 bits per heavy atom. The van der Waals surface area contributed by atoms with Crippen LogP contribution in [-0.2, 0) is 0 Å². The molecule has 0 spiro atoms. The average Bonchev–Trinajstić information content (AvgIpc) is 2.59. The Morgan fingerprint density at radius 1 is 0.880 bits per heavy atom. The molecule has 5 heteroatoms. The van der Waals surface area contributed by atoms with Crippen molar-refractivity contribution < 1.29 is 17.6 Å². The molecule has 0 aromatic heterocycles. The van der Waals surface area contributed by atoms with E-state index in [0.717, 1.165) is 38.2 Å². The Bertz CT molecular complexity index is 733. The van der Waals surface area contributed by atoms with E-state index in [0.29, 0.717) is 11.5 Å². The molecule has 3 rings (SSSR count). The summed E-state index contributed by atoms with van der Waals surface area (Å²) < 4.78 is 56.2. The Labute approximate surface area is 147 Å². The van der Waals surface area contributed by atoms with Crippen molar-refractivity contribution in [2.45, 2.75) is 44.9 Å². The largest absolute Gasteiger partial charge is 0.206 e. The van der Waals surface area contributed by atoms with Crippen molar-refractivity contribution in [3.05, 3.63) is 53.1 Å². The number of rotatable bonds is 3. The first kappa shape index (κ1) is 18.4. The summed E-state index contributed by atoms with van der Waals surface area (Å²) in [5.41, 5.74) is 0.343. The molecule has 2 aromatic rings. The summed E-state index contributed by atoms with van der Waals surface area (Å²) in [6.45, 7) is 2.17. The Morgan fingerprint density at radius 3 is 2.00 bits per heavy atom. The van der Waals surface area contributed by atoms with Crippen LogP contribution in [0.3, 0.4) is 0 Å². The minimum absolute atomic E-state index is 0.000131. The minimum Gasteiger partial charge on any atom is -0.206 e. The standard InChI is InChI=1S/C20H21F4P/c1-2-11-3-5-12(6-4-11)13-7-15(21)19(16(22)8-13)14-9-17(23)20(24)18(25)10-14/h7-12H,2-6,25H2,1H3/t11-,12+. The third kappa shape index (κ3) is 3.74. The molecule has 1 saturated carbocycles. The van der Waals surface area contributed by atoms with Gasteiger partial charge in [0.2, 0.25) is 0 Å². The van der Waals surface area contributed by atoms with Crippen molar-refractivity contribution in [1.29, 1.82) is 0 Å². The summed E-state index contributed by atoms with van der Waals surface area (Å²) in [7, 11) is 2.04. The molecule has 2 aromatic carbocycles. The molecule has 0 saturated heterocycles. The normalized spacial score (nSPS) is 20.7. The first-order valence-corrected chi connectivity index (χ1v) is 9.22. The number of halogens is 4. The lowest BCUT2D eigenvalue weighted by Crippen LogP contribution is -2.13. The number of benzene rings is 2. The Hall–Kier alpha value is -1.41. The van der Waals surface area contributed by atoms with Crippen molar-refractivity contribution in [1.82, 2.24) is 0 Å². The monoisotopic (exact) mass is 368 g/mol. The molecular formula is C20H21F4P. The van der Waals surface area contributed by atoms with E-state index in [1.165, 1.54) is 18.2 Å². The first-order chi connectivity index (χ1) is 11.9. The Balaban J connectivity index is 1.94. The molecular weight excluding hydrogens is 347 g/mol. The van der Waals surface area contributed by atoms with Gasteiger partial charge in [-0.15, -0.1) is 9.24 Å². The quantitative estimate of drug-likeness (QED) is 0.454. The highest BCUT2D eigenvalue weighted by Crippen LogP contribution is 2.39. The van der Waals surface area contributed by atoms with Crippen LogP contribution in [0.2, 0.25) is 0 Å². The maximum absolute atomic E-state index is 14.6. The van der Waals surface area contributed by atoms with E-state index in [-0.39, 0.29) is 22.3 Å². The first-order valence-electron chi connectivity index (χ1n) is 8.64. The van der Waals surface area contributed by atoms with Gasteiger partial charge in [-0.3, -0.25) is 0 Å². The van der Waals surface area contributed by atoms with Crippen molar-refractivity contribution in [3.8, 4) is 11.1 Å². The van der Waals surface area contributed by atoms with E-state index in [2.05, 4.69) is 6.92 Å². The molecule has 1 fully saturated rings. The van der Waals surface area contributed by atoms with Crippen LogP contribution >= 0.6 is 9.24 Å². The van der Waals surface area contributed by atoms with Crippen molar-refractivity contribution >= 4 is 14.5 Å². The lowest BCUT2D eigenvalue weighted by molar-refractivity contribution is 0.318. The van der Waals surface area contributed by atoms with Crippen LogP contribution in [-0.4, -0.2) is 0 Å². The summed E-state index contributed by atoms with van der Waals surface area (Å²) in [5.74, 6) is -2.76. The van der Waals surface area contributed by atoms with Crippen molar-refractivity contribution in [2.24, 2.45) is 5.92 Å². The molecule has 0 N–H and O–H groups in total.